The average molecular weight is 221 g/mol. The second kappa shape index (κ2) is 4.08. The van der Waals surface area contributed by atoms with Crippen LogP contribution in [0, 0.1) is 5.82 Å². The SMILES string of the molecule is CCN(C)c1cc(F)cc(C(F)(F)F)c1. The van der Waals surface area contributed by atoms with E-state index in [0.29, 0.717) is 12.6 Å². The van der Waals surface area contributed by atoms with Gasteiger partial charge in [-0.25, -0.2) is 4.39 Å². The van der Waals surface area contributed by atoms with Crippen LogP contribution in [-0.4, -0.2) is 13.6 Å². The molecule has 0 unspecified atom stereocenters. The van der Waals surface area contributed by atoms with Gasteiger partial charge in [0.15, 0.2) is 0 Å². The zero-order valence-electron chi connectivity index (χ0n) is 8.40. The van der Waals surface area contributed by atoms with E-state index < -0.39 is 17.6 Å². The summed E-state index contributed by atoms with van der Waals surface area (Å²) in [5.41, 5.74) is -0.734. The molecule has 0 radical (unpaired) electrons. The Bertz CT molecular complexity index is 346. The van der Waals surface area contributed by atoms with Gasteiger partial charge in [0.25, 0.3) is 0 Å². The Labute approximate surface area is 85.3 Å². The van der Waals surface area contributed by atoms with E-state index in [2.05, 4.69) is 0 Å². The maximum absolute atomic E-state index is 12.9. The van der Waals surface area contributed by atoms with Crippen LogP contribution in [-0.2, 0) is 6.18 Å². The van der Waals surface area contributed by atoms with E-state index in [1.54, 1.807) is 18.9 Å². The largest absolute Gasteiger partial charge is 0.416 e. The Morgan fingerprint density at radius 3 is 2.27 bits per heavy atom. The zero-order chi connectivity index (χ0) is 11.6. The third kappa shape index (κ3) is 2.84. The lowest BCUT2D eigenvalue weighted by molar-refractivity contribution is -0.137. The quantitative estimate of drug-likeness (QED) is 0.692. The van der Waals surface area contributed by atoms with Gasteiger partial charge in [0, 0.05) is 19.3 Å². The van der Waals surface area contributed by atoms with Gasteiger partial charge in [-0.05, 0) is 25.1 Å². The van der Waals surface area contributed by atoms with Gasteiger partial charge in [-0.2, -0.15) is 13.2 Å². The standard InChI is InChI=1S/C10H11F4N/c1-3-15(2)9-5-7(10(12,13)14)4-8(11)6-9/h4-6H,3H2,1-2H3. The molecule has 0 saturated carbocycles. The van der Waals surface area contributed by atoms with Crippen molar-refractivity contribution in [1.29, 1.82) is 0 Å². The number of alkyl halides is 3. The van der Waals surface area contributed by atoms with Crippen molar-refractivity contribution >= 4 is 5.69 Å². The van der Waals surface area contributed by atoms with E-state index in [1.165, 1.54) is 0 Å². The second-order valence-corrected chi connectivity index (χ2v) is 3.21. The van der Waals surface area contributed by atoms with Crippen molar-refractivity contribution in [2.45, 2.75) is 13.1 Å². The molecule has 84 valence electrons. The van der Waals surface area contributed by atoms with Crippen LogP contribution >= 0.6 is 0 Å². The first-order valence-electron chi connectivity index (χ1n) is 4.43. The van der Waals surface area contributed by atoms with Crippen molar-refractivity contribution in [2.24, 2.45) is 0 Å². The highest BCUT2D eigenvalue weighted by atomic mass is 19.4. The lowest BCUT2D eigenvalue weighted by atomic mass is 10.1. The van der Waals surface area contributed by atoms with Gasteiger partial charge >= 0.3 is 6.18 Å². The van der Waals surface area contributed by atoms with Crippen LogP contribution < -0.4 is 4.90 Å². The topological polar surface area (TPSA) is 3.24 Å². The molecule has 0 atom stereocenters. The number of nitrogens with zero attached hydrogens (tertiary/aromatic N) is 1. The summed E-state index contributed by atoms with van der Waals surface area (Å²) < 4.78 is 49.9. The Morgan fingerprint density at radius 1 is 1.20 bits per heavy atom. The molecule has 0 N–H and O–H groups in total. The molecule has 5 heteroatoms. The van der Waals surface area contributed by atoms with Crippen LogP contribution in [0.25, 0.3) is 0 Å². The molecule has 0 heterocycles. The highest BCUT2D eigenvalue weighted by molar-refractivity contribution is 5.48. The third-order valence-electron chi connectivity index (χ3n) is 2.12. The van der Waals surface area contributed by atoms with Gasteiger partial charge in [0.05, 0.1) is 5.56 Å². The Balaban J connectivity index is 3.17. The molecule has 0 aromatic heterocycles. The van der Waals surface area contributed by atoms with Gasteiger partial charge in [-0.1, -0.05) is 0 Å². The van der Waals surface area contributed by atoms with Crippen LogP contribution in [0.2, 0.25) is 0 Å². The van der Waals surface area contributed by atoms with Crippen molar-refractivity contribution in [3.63, 3.8) is 0 Å². The van der Waals surface area contributed by atoms with E-state index in [1.807, 2.05) is 0 Å². The number of hydrogen-bond donors (Lipinski definition) is 0. The second-order valence-electron chi connectivity index (χ2n) is 3.21. The van der Waals surface area contributed by atoms with Crippen molar-refractivity contribution in [1.82, 2.24) is 0 Å². The number of hydrogen-bond acceptors (Lipinski definition) is 1. The molecule has 0 fully saturated rings. The van der Waals surface area contributed by atoms with Crippen LogP contribution in [0.3, 0.4) is 0 Å². The molecular weight excluding hydrogens is 210 g/mol. The summed E-state index contributed by atoms with van der Waals surface area (Å²) in [5, 5.41) is 0. The molecule has 1 nitrogen and oxygen atoms in total. The first-order chi connectivity index (χ1) is 6.84. The lowest BCUT2D eigenvalue weighted by Gasteiger charge is -2.18. The fourth-order valence-corrected chi connectivity index (χ4v) is 1.14. The molecule has 0 spiro atoms. The summed E-state index contributed by atoms with van der Waals surface area (Å²) in [5.74, 6) is -0.875. The molecule has 1 rings (SSSR count). The number of rotatable bonds is 2. The van der Waals surface area contributed by atoms with E-state index in [4.69, 9.17) is 0 Å². The molecule has 0 bridgehead atoms. The van der Waals surface area contributed by atoms with Crippen molar-refractivity contribution < 1.29 is 17.6 Å². The van der Waals surface area contributed by atoms with Crippen LogP contribution in [0.15, 0.2) is 18.2 Å². The maximum atomic E-state index is 12.9. The smallest absolute Gasteiger partial charge is 0.375 e. The van der Waals surface area contributed by atoms with Gasteiger partial charge < -0.3 is 4.90 Å². The fourth-order valence-electron chi connectivity index (χ4n) is 1.14. The molecule has 0 aliphatic carbocycles. The summed E-state index contributed by atoms with van der Waals surface area (Å²) >= 11 is 0. The molecule has 1 aromatic carbocycles. The summed E-state index contributed by atoms with van der Waals surface area (Å²) in [7, 11) is 1.61. The van der Waals surface area contributed by atoms with Crippen molar-refractivity contribution in [3.05, 3.63) is 29.6 Å². The average Bonchev–Trinajstić information content (AvgIpc) is 2.14. The van der Waals surface area contributed by atoms with Crippen LogP contribution in [0.1, 0.15) is 12.5 Å². The number of benzene rings is 1. The summed E-state index contributed by atoms with van der Waals surface area (Å²) in [6.45, 7) is 2.29. The predicted octanol–water partition coefficient (Wildman–Crippen LogP) is 3.30. The molecule has 1 aromatic rings. The normalized spacial score (nSPS) is 11.6. The third-order valence-corrected chi connectivity index (χ3v) is 2.12. The monoisotopic (exact) mass is 221 g/mol. The molecular formula is C10H11F4N. The first kappa shape index (κ1) is 11.8. The highest BCUT2D eigenvalue weighted by Crippen LogP contribution is 2.32. The molecule has 0 saturated heterocycles. The molecule has 15 heavy (non-hydrogen) atoms. The van der Waals surface area contributed by atoms with E-state index in [9.17, 15) is 17.6 Å². The van der Waals surface area contributed by atoms with Gasteiger partial charge in [-0.15, -0.1) is 0 Å². The van der Waals surface area contributed by atoms with Crippen LogP contribution in [0.4, 0.5) is 23.2 Å². The summed E-state index contributed by atoms with van der Waals surface area (Å²) in [6, 6.07) is 2.51. The van der Waals surface area contributed by atoms with Gasteiger partial charge in [0.2, 0.25) is 0 Å². The predicted molar refractivity (Wildman–Crippen MR) is 50.3 cm³/mol. The Kier molecular flexibility index (Phi) is 3.21. The maximum Gasteiger partial charge on any atom is 0.416 e. The minimum absolute atomic E-state index is 0.227. The van der Waals surface area contributed by atoms with Crippen molar-refractivity contribution in [3.8, 4) is 0 Å². The number of anilines is 1. The van der Waals surface area contributed by atoms with Gasteiger partial charge in [0.1, 0.15) is 5.82 Å². The molecule has 0 amide bonds. The fraction of sp³-hybridized carbons (Fsp3) is 0.400. The first-order valence-corrected chi connectivity index (χ1v) is 4.43. The minimum Gasteiger partial charge on any atom is -0.375 e. The van der Waals surface area contributed by atoms with Crippen molar-refractivity contribution in [2.75, 3.05) is 18.5 Å². The van der Waals surface area contributed by atoms with Gasteiger partial charge in [-0.3, -0.25) is 0 Å². The van der Waals surface area contributed by atoms with E-state index in [-0.39, 0.29) is 5.69 Å². The highest BCUT2D eigenvalue weighted by Gasteiger charge is 2.31. The summed E-state index contributed by atoms with van der Waals surface area (Å²) in [4.78, 5) is 1.54. The Morgan fingerprint density at radius 2 is 1.80 bits per heavy atom. The Hall–Kier alpha value is -1.26. The molecule has 0 aliphatic heterocycles. The summed E-state index contributed by atoms with van der Waals surface area (Å²) in [6.07, 6.45) is -4.51. The van der Waals surface area contributed by atoms with E-state index in [0.717, 1.165) is 12.1 Å². The number of halogens is 4. The minimum atomic E-state index is -4.51. The van der Waals surface area contributed by atoms with Crippen LogP contribution in [0.5, 0.6) is 0 Å². The van der Waals surface area contributed by atoms with E-state index >= 15 is 0 Å². The lowest BCUT2D eigenvalue weighted by Crippen LogP contribution is -2.17. The zero-order valence-corrected chi connectivity index (χ0v) is 8.40. The molecule has 0 aliphatic rings.